The van der Waals surface area contributed by atoms with Crippen LogP contribution in [0.4, 0.5) is 0 Å². The first-order valence-electron chi connectivity index (χ1n) is 2.01. The van der Waals surface area contributed by atoms with Gasteiger partial charge in [0.15, 0.2) is 5.78 Å². The van der Waals surface area contributed by atoms with E-state index >= 15 is 0 Å². The Labute approximate surface area is 58.8 Å². The maximum absolute atomic E-state index is 10.0. The van der Waals surface area contributed by atoms with Gasteiger partial charge in [0, 0.05) is 22.9 Å². The Morgan fingerprint density at radius 1 is 1.50 bits per heavy atom. The van der Waals surface area contributed by atoms with Crippen molar-refractivity contribution in [2.24, 2.45) is 0 Å². The first-order chi connectivity index (χ1) is 3.13. The monoisotopic (exact) mass is 159 g/mol. The smallest absolute Gasteiger partial charge is 0.155 e. The topological polar surface area (TPSA) is 37.3 Å². The SMILES string of the molecule is CC(=O)/C=C(/C)O.[Co]. The van der Waals surface area contributed by atoms with Crippen LogP contribution in [0.2, 0.25) is 0 Å². The second-order valence-corrected chi connectivity index (χ2v) is 1.40. The van der Waals surface area contributed by atoms with Crippen LogP contribution in [-0.2, 0) is 21.6 Å². The summed E-state index contributed by atoms with van der Waals surface area (Å²) in [7, 11) is 0. The van der Waals surface area contributed by atoms with E-state index in [9.17, 15) is 4.79 Å². The molecule has 0 atom stereocenters. The van der Waals surface area contributed by atoms with Crippen LogP contribution in [0.15, 0.2) is 11.8 Å². The summed E-state index contributed by atoms with van der Waals surface area (Å²) in [4.78, 5) is 10.0. The fourth-order valence-corrected chi connectivity index (χ4v) is 0.294. The fourth-order valence-electron chi connectivity index (χ4n) is 0.294. The summed E-state index contributed by atoms with van der Waals surface area (Å²) in [6, 6.07) is 0. The number of hydrogen-bond donors (Lipinski definition) is 1. The normalized spacial score (nSPS) is 10.0. The molecular weight excluding hydrogens is 151 g/mol. The predicted octanol–water partition coefficient (Wildman–Crippen LogP) is 1.03. The van der Waals surface area contributed by atoms with Gasteiger partial charge in [-0.1, -0.05) is 0 Å². The van der Waals surface area contributed by atoms with Crippen LogP contribution in [-0.4, -0.2) is 10.9 Å². The molecule has 0 unspecified atom stereocenters. The molecule has 0 aromatic heterocycles. The van der Waals surface area contributed by atoms with Crippen LogP contribution in [0, 0.1) is 0 Å². The number of rotatable bonds is 1. The van der Waals surface area contributed by atoms with E-state index in [2.05, 4.69) is 0 Å². The minimum Gasteiger partial charge on any atom is -0.512 e. The Hall–Kier alpha value is -0.284. The van der Waals surface area contributed by atoms with Crippen molar-refractivity contribution in [1.29, 1.82) is 0 Å². The Balaban J connectivity index is 0. The molecule has 0 bridgehead atoms. The van der Waals surface area contributed by atoms with Gasteiger partial charge in [0.25, 0.3) is 0 Å². The van der Waals surface area contributed by atoms with E-state index in [0.717, 1.165) is 0 Å². The van der Waals surface area contributed by atoms with E-state index in [4.69, 9.17) is 5.11 Å². The summed E-state index contributed by atoms with van der Waals surface area (Å²) in [5, 5.41) is 8.36. The molecule has 0 aromatic carbocycles. The van der Waals surface area contributed by atoms with Gasteiger partial charge >= 0.3 is 0 Å². The van der Waals surface area contributed by atoms with Gasteiger partial charge in [-0.25, -0.2) is 0 Å². The Bertz CT molecular complexity index is 103. The van der Waals surface area contributed by atoms with Crippen LogP contribution in [0.1, 0.15) is 13.8 Å². The van der Waals surface area contributed by atoms with Crippen molar-refractivity contribution in [1.82, 2.24) is 0 Å². The zero-order chi connectivity index (χ0) is 5.86. The fraction of sp³-hybridized carbons (Fsp3) is 0.400. The molecular formula is C5H8CoO2. The van der Waals surface area contributed by atoms with Crippen molar-refractivity contribution in [3.8, 4) is 0 Å². The van der Waals surface area contributed by atoms with E-state index in [1.54, 1.807) is 0 Å². The minimum absolute atomic E-state index is 0. The summed E-state index contributed by atoms with van der Waals surface area (Å²) in [5.41, 5.74) is 0. The Morgan fingerprint density at radius 3 is 1.88 bits per heavy atom. The molecule has 0 amide bonds. The van der Waals surface area contributed by atoms with Crippen LogP contribution in [0.3, 0.4) is 0 Å². The number of aliphatic hydroxyl groups is 1. The first-order valence-corrected chi connectivity index (χ1v) is 2.01. The average Bonchev–Trinajstić information content (AvgIpc) is 1.27. The van der Waals surface area contributed by atoms with Gasteiger partial charge in [-0.15, -0.1) is 0 Å². The molecule has 0 aliphatic carbocycles. The molecule has 0 saturated carbocycles. The van der Waals surface area contributed by atoms with Crippen LogP contribution in [0.25, 0.3) is 0 Å². The molecule has 2 nitrogen and oxygen atoms in total. The van der Waals surface area contributed by atoms with Crippen molar-refractivity contribution in [2.45, 2.75) is 13.8 Å². The van der Waals surface area contributed by atoms with Gasteiger partial charge in [-0.3, -0.25) is 4.79 Å². The predicted molar refractivity (Wildman–Crippen MR) is 27.1 cm³/mol. The van der Waals surface area contributed by atoms with Crippen molar-refractivity contribution >= 4 is 5.78 Å². The third-order valence-corrected chi connectivity index (χ3v) is 0.412. The average molecular weight is 159 g/mol. The maximum Gasteiger partial charge on any atom is 0.155 e. The molecule has 0 rings (SSSR count). The molecule has 1 N–H and O–H groups in total. The van der Waals surface area contributed by atoms with Crippen LogP contribution >= 0.6 is 0 Å². The first kappa shape index (κ1) is 10.7. The largest absolute Gasteiger partial charge is 0.512 e. The zero-order valence-corrected chi connectivity index (χ0v) is 5.81. The van der Waals surface area contributed by atoms with E-state index in [1.165, 1.54) is 19.9 Å². The summed E-state index contributed by atoms with van der Waals surface area (Å²) >= 11 is 0. The van der Waals surface area contributed by atoms with Gasteiger partial charge in [0.05, 0.1) is 5.76 Å². The van der Waals surface area contributed by atoms with Crippen LogP contribution < -0.4 is 0 Å². The molecule has 8 heavy (non-hydrogen) atoms. The summed E-state index contributed by atoms with van der Waals surface area (Å²) < 4.78 is 0. The van der Waals surface area contributed by atoms with E-state index < -0.39 is 0 Å². The molecule has 0 aliphatic rings. The number of ketones is 1. The second kappa shape index (κ2) is 4.87. The quantitative estimate of drug-likeness (QED) is 0.458. The summed E-state index contributed by atoms with van der Waals surface area (Å²) in [6.45, 7) is 2.85. The molecule has 49 valence electrons. The number of allylic oxidation sites excluding steroid dienone is 2. The minimum atomic E-state index is -0.125. The van der Waals surface area contributed by atoms with Gasteiger partial charge in [0.1, 0.15) is 0 Å². The molecule has 0 spiro atoms. The zero-order valence-electron chi connectivity index (χ0n) is 4.77. The molecule has 0 saturated heterocycles. The third kappa shape index (κ3) is 9.21. The molecule has 0 fully saturated rings. The molecule has 0 heterocycles. The number of carbonyl (C=O) groups excluding carboxylic acids is 1. The standard InChI is InChI=1S/C5H8O2.Co/c1-4(6)3-5(2)7;/h3,6H,1-2H3;/b4-3-;. The molecule has 1 radical (unpaired) electrons. The second-order valence-electron chi connectivity index (χ2n) is 1.40. The van der Waals surface area contributed by atoms with Gasteiger partial charge in [-0.2, -0.15) is 0 Å². The van der Waals surface area contributed by atoms with Gasteiger partial charge < -0.3 is 5.11 Å². The maximum atomic E-state index is 10.0. The summed E-state index contributed by atoms with van der Waals surface area (Å²) in [6.07, 6.45) is 1.17. The third-order valence-electron chi connectivity index (χ3n) is 0.412. The Morgan fingerprint density at radius 2 is 1.88 bits per heavy atom. The van der Waals surface area contributed by atoms with Crippen molar-refractivity contribution < 1.29 is 26.7 Å². The van der Waals surface area contributed by atoms with Crippen molar-refractivity contribution in [3.63, 3.8) is 0 Å². The molecule has 3 heteroatoms. The number of aliphatic hydroxyl groups excluding tert-OH is 1. The van der Waals surface area contributed by atoms with Gasteiger partial charge in [-0.05, 0) is 13.8 Å². The van der Waals surface area contributed by atoms with Crippen molar-refractivity contribution in [2.75, 3.05) is 0 Å². The number of hydrogen-bond acceptors (Lipinski definition) is 2. The molecule has 0 aliphatic heterocycles. The van der Waals surface area contributed by atoms with E-state index in [-0.39, 0.29) is 28.3 Å². The van der Waals surface area contributed by atoms with E-state index in [0.29, 0.717) is 0 Å². The van der Waals surface area contributed by atoms with Crippen LogP contribution in [0.5, 0.6) is 0 Å². The molecule has 0 aromatic rings. The summed E-state index contributed by atoms with van der Waals surface area (Å²) in [5.74, 6) is -0.0625. The number of carbonyl (C=O) groups is 1. The van der Waals surface area contributed by atoms with Crippen molar-refractivity contribution in [3.05, 3.63) is 11.8 Å². The Kier molecular flexibility index (Phi) is 6.48. The van der Waals surface area contributed by atoms with E-state index in [1.807, 2.05) is 0 Å². The van der Waals surface area contributed by atoms with Gasteiger partial charge in [0.2, 0.25) is 0 Å².